The Kier molecular flexibility index (Phi) is 8.21. The molecule has 1 N–H and O–H groups in total. The minimum Gasteiger partial charge on any atom is -0.497 e. The number of para-hydroxylation sites is 1. The monoisotopic (exact) mass is 494 g/mol. The van der Waals surface area contributed by atoms with Crippen LogP contribution in [0.25, 0.3) is 0 Å². The summed E-state index contributed by atoms with van der Waals surface area (Å²) in [5, 5.41) is 2.90. The molecule has 0 aromatic heterocycles. The van der Waals surface area contributed by atoms with Crippen molar-refractivity contribution in [3.8, 4) is 11.5 Å². The van der Waals surface area contributed by atoms with Gasteiger partial charge in [0.05, 0.1) is 27.2 Å². The van der Waals surface area contributed by atoms with Crippen LogP contribution in [0, 0.1) is 6.92 Å². The van der Waals surface area contributed by atoms with Crippen LogP contribution in [0.3, 0.4) is 0 Å². The topological polar surface area (TPSA) is 67.9 Å². The maximum atomic E-state index is 13.6. The zero-order valence-corrected chi connectivity index (χ0v) is 21.2. The van der Waals surface area contributed by atoms with Crippen molar-refractivity contribution in [3.05, 3.63) is 119 Å². The van der Waals surface area contributed by atoms with Crippen LogP contribution < -0.4 is 19.7 Å². The van der Waals surface area contributed by atoms with Gasteiger partial charge in [-0.15, -0.1) is 0 Å². The summed E-state index contributed by atoms with van der Waals surface area (Å²) < 4.78 is 10.7. The molecule has 0 saturated carbocycles. The molecule has 6 heteroatoms. The first kappa shape index (κ1) is 25.5. The molecule has 2 amide bonds. The number of carbonyl (C=O) groups is 2. The van der Waals surface area contributed by atoms with Crippen molar-refractivity contribution in [2.45, 2.75) is 19.9 Å². The second-order valence-corrected chi connectivity index (χ2v) is 8.69. The molecule has 0 aliphatic heterocycles. The van der Waals surface area contributed by atoms with Gasteiger partial charge < -0.3 is 19.7 Å². The average Bonchev–Trinajstić information content (AvgIpc) is 2.93. The molecule has 188 valence electrons. The molecule has 0 fully saturated rings. The fraction of sp³-hybridized carbons (Fsp3) is 0.161. The Hall–Kier alpha value is -4.58. The predicted octanol–water partition coefficient (Wildman–Crippen LogP) is 6.04. The van der Waals surface area contributed by atoms with Gasteiger partial charge in [0.1, 0.15) is 11.5 Å². The number of anilines is 2. The van der Waals surface area contributed by atoms with E-state index in [0.29, 0.717) is 17.8 Å². The molecule has 0 bridgehead atoms. The van der Waals surface area contributed by atoms with Crippen LogP contribution >= 0.6 is 0 Å². The summed E-state index contributed by atoms with van der Waals surface area (Å²) in [6.07, 6.45) is 0.213. The van der Waals surface area contributed by atoms with Crippen molar-refractivity contribution in [1.82, 2.24) is 0 Å². The maximum absolute atomic E-state index is 13.6. The van der Waals surface area contributed by atoms with Gasteiger partial charge in [-0.2, -0.15) is 0 Å². The quantitative estimate of drug-likeness (QED) is 0.308. The van der Waals surface area contributed by atoms with E-state index in [1.165, 1.54) is 0 Å². The summed E-state index contributed by atoms with van der Waals surface area (Å²) in [5.74, 6) is 1.21. The van der Waals surface area contributed by atoms with Gasteiger partial charge in [-0.3, -0.25) is 9.59 Å². The number of benzene rings is 4. The van der Waals surface area contributed by atoms with Gasteiger partial charge in [0.2, 0.25) is 5.91 Å². The molecule has 0 spiro atoms. The number of hydrogen-bond donors (Lipinski definition) is 1. The zero-order chi connectivity index (χ0) is 26.2. The molecule has 0 aliphatic rings. The van der Waals surface area contributed by atoms with E-state index in [-0.39, 0.29) is 18.2 Å². The highest BCUT2D eigenvalue weighted by atomic mass is 16.5. The fourth-order valence-electron chi connectivity index (χ4n) is 3.99. The zero-order valence-electron chi connectivity index (χ0n) is 21.2. The fourth-order valence-corrected chi connectivity index (χ4v) is 3.99. The van der Waals surface area contributed by atoms with E-state index in [9.17, 15) is 9.59 Å². The standard InChI is InChI=1S/C31H30N2O4/c1-22-8-12-24(13-9-22)31(35)33(21-25-6-4-5-7-29(25)37-3)27-16-10-23(11-17-27)20-30(34)32-26-14-18-28(36-2)19-15-26/h4-19H,20-21H2,1-3H3,(H,32,34). The van der Waals surface area contributed by atoms with Crippen LogP contribution in [-0.4, -0.2) is 26.0 Å². The van der Waals surface area contributed by atoms with Gasteiger partial charge in [0.25, 0.3) is 5.91 Å². The van der Waals surface area contributed by atoms with Crippen molar-refractivity contribution < 1.29 is 19.1 Å². The number of aryl methyl sites for hydroxylation is 1. The summed E-state index contributed by atoms with van der Waals surface area (Å²) in [5.41, 5.74) is 4.86. The number of rotatable bonds is 9. The first-order valence-corrected chi connectivity index (χ1v) is 12.0. The molecule has 37 heavy (non-hydrogen) atoms. The summed E-state index contributed by atoms with van der Waals surface area (Å²) >= 11 is 0. The minimum atomic E-state index is -0.125. The Morgan fingerprint density at radius 2 is 1.46 bits per heavy atom. The van der Waals surface area contributed by atoms with Crippen molar-refractivity contribution in [3.63, 3.8) is 0 Å². The number of hydrogen-bond acceptors (Lipinski definition) is 4. The normalized spacial score (nSPS) is 10.5. The van der Waals surface area contributed by atoms with Gasteiger partial charge in [0.15, 0.2) is 0 Å². The first-order valence-electron chi connectivity index (χ1n) is 12.0. The highest BCUT2D eigenvalue weighted by molar-refractivity contribution is 6.06. The lowest BCUT2D eigenvalue weighted by Crippen LogP contribution is -2.30. The molecule has 0 aliphatic carbocycles. The van der Waals surface area contributed by atoms with Crippen LogP contribution in [-0.2, 0) is 17.8 Å². The lowest BCUT2D eigenvalue weighted by molar-refractivity contribution is -0.115. The van der Waals surface area contributed by atoms with E-state index in [4.69, 9.17) is 9.47 Å². The van der Waals surface area contributed by atoms with E-state index in [2.05, 4.69) is 5.32 Å². The molecule has 0 saturated heterocycles. The molecule has 0 unspecified atom stereocenters. The van der Waals surface area contributed by atoms with Crippen LogP contribution in [0.5, 0.6) is 11.5 Å². The summed E-state index contributed by atoms with van der Waals surface area (Å²) in [7, 11) is 3.22. The third kappa shape index (κ3) is 6.55. The predicted molar refractivity (Wildman–Crippen MR) is 146 cm³/mol. The molecule has 0 heterocycles. The maximum Gasteiger partial charge on any atom is 0.258 e. The molecule has 4 rings (SSSR count). The average molecular weight is 495 g/mol. The van der Waals surface area contributed by atoms with Gasteiger partial charge in [-0.25, -0.2) is 0 Å². The smallest absolute Gasteiger partial charge is 0.258 e. The van der Waals surface area contributed by atoms with E-state index in [1.54, 1.807) is 43.4 Å². The number of ether oxygens (including phenoxy) is 2. The lowest BCUT2D eigenvalue weighted by atomic mass is 10.1. The van der Waals surface area contributed by atoms with Gasteiger partial charge in [-0.05, 0) is 67.1 Å². The van der Waals surface area contributed by atoms with Crippen LogP contribution in [0.15, 0.2) is 97.1 Å². The Balaban J connectivity index is 1.53. The minimum absolute atomic E-state index is 0.115. The molecule has 4 aromatic rings. The van der Waals surface area contributed by atoms with Crippen molar-refractivity contribution in [2.24, 2.45) is 0 Å². The van der Waals surface area contributed by atoms with E-state index < -0.39 is 0 Å². The number of nitrogens with zero attached hydrogens (tertiary/aromatic N) is 1. The van der Waals surface area contributed by atoms with Gasteiger partial charge in [-0.1, -0.05) is 48.0 Å². The Morgan fingerprint density at radius 1 is 0.784 bits per heavy atom. The first-order chi connectivity index (χ1) is 18.0. The molecular weight excluding hydrogens is 464 g/mol. The second-order valence-electron chi connectivity index (χ2n) is 8.69. The van der Waals surface area contributed by atoms with E-state index >= 15 is 0 Å². The third-order valence-electron chi connectivity index (χ3n) is 6.05. The largest absolute Gasteiger partial charge is 0.497 e. The molecule has 0 radical (unpaired) electrons. The SMILES string of the molecule is COc1ccc(NC(=O)Cc2ccc(N(Cc3ccccc3OC)C(=O)c3ccc(C)cc3)cc2)cc1. The Morgan fingerprint density at radius 3 is 2.11 bits per heavy atom. The number of amides is 2. The van der Waals surface area contributed by atoms with Crippen molar-refractivity contribution in [2.75, 3.05) is 24.4 Å². The molecular formula is C31H30N2O4. The highest BCUT2D eigenvalue weighted by Crippen LogP contribution is 2.26. The second kappa shape index (κ2) is 11.9. The van der Waals surface area contributed by atoms with E-state index in [0.717, 1.165) is 33.9 Å². The van der Waals surface area contributed by atoms with E-state index in [1.807, 2.05) is 79.7 Å². The van der Waals surface area contributed by atoms with Gasteiger partial charge >= 0.3 is 0 Å². The number of carbonyl (C=O) groups excluding carboxylic acids is 2. The summed E-state index contributed by atoms with van der Waals surface area (Å²) in [4.78, 5) is 27.9. The van der Waals surface area contributed by atoms with Gasteiger partial charge in [0, 0.05) is 22.5 Å². The van der Waals surface area contributed by atoms with Crippen molar-refractivity contribution in [1.29, 1.82) is 0 Å². The number of nitrogens with one attached hydrogen (secondary N) is 1. The summed E-state index contributed by atoms with van der Waals surface area (Å²) in [6.45, 7) is 2.33. The van der Waals surface area contributed by atoms with Crippen molar-refractivity contribution >= 4 is 23.2 Å². The lowest BCUT2D eigenvalue weighted by Gasteiger charge is -2.24. The molecule has 4 aromatic carbocycles. The third-order valence-corrected chi connectivity index (χ3v) is 6.05. The Labute approximate surface area is 217 Å². The number of methoxy groups -OCH3 is 2. The summed E-state index contributed by atoms with van der Waals surface area (Å²) in [6, 6.07) is 29.9. The molecule has 6 nitrogen and oxygen atoms in total. The Bertz CT molecular complexity index is 1350. The molecule has 0 atom stereocenters. The van der Waals surface area contributed by atoms with Crippen LogP contribution in [0.4, 0.5) is 11.4 Å². The van der Waals surface area contributed by atoms with Crippen LogP contribution in [0.1, 0.15) is 27.0 Å². The highest BCUT2D eigenvalue weighted by Gasteiger charge is 2.20. The van der Waals surface area contributed by atoms with Crippen LogP contribution in [0.2, 0.25) is 0 Å².